The second kappa shape index (κ2) is 6.39. The summed E-state index contributed by atoms with van der Waals surface area (Å²) < 4.78 is 33.3. The zero-order valence-electron chi connectivity index (χ0n) is 14.5. The van der Waals surface area contributed by atoms with Gasteiger partial charge in [-0.25, -0.2) is 13.8 Å². The zero-order chi connectivity index (χ0) is 19.1. The number of benzene rings is 2. The van der Waals surface area contributed by atoms with Gasteiger partial charge in [0.1, 0.15) is 5.69 Å². The van der Waals surface area contributed by atoms with Gasteiger partial charge in [-0.3, -0.25) is 4.79 Å². The van der Waals surface area contributed by atoms with Crippen LogP contribution in [0.3, 0.4) is 0 Å². The average molecular weight is 368 g/mol. The second-order valence-electron chi connectivity index (χ2n) is 6.00. The van der Waals surface area contributed by atoms with Gasteiger partial charge in [0, 0.05) is 17.7 Å². The van der Waals surface area contributed by atoms with Crippen molar-refractivity contribution in [3.8, 4) is 22.8 Å². The number of nitrogens with zero attached hydrogens (tertiary/aromatic N) is 4. The lowest BCUT2D eigenvalue weighted by atomic mass is 10.1. The topological polar surface area (TPSA) is 73.8 Å². The molecule has 0 atom stereocenters. The molecule has 0 saturated heterocycles. The summed E-state index contributed by atoms with van der Waals surface area (Å²) >= 11 is 0. The lowest BCUT2D eigenvalue weighted by molar-refractivity contribution is 0.431. The predicted molar refractivity (Wildman–Crippen MR) is 95.1 cm³/mol. The van der Waals surface area contributed by atoms with Gasteiger partial charge >= 0.3 is 0 Å². The Hall–Kier alpha value is -3.42. The third kappa shape index (κ3) is 2.88. The molecule has 0 amide bonds. The van der Waals surface area contributed by atoms with Crippen LogP contribution >= 0.6 is 0 Å². The minimum Gasteiger partial charge on any atom is -0.334 e. The predicted octanol–water partition coefficient (Wildman–Crippen LogP) is 3.72. The Labute approximate surface area is 152 Å². The molecule has 0 bridgehead atoms. The summed E-state index contributed by atoms with van der Waals surface area (Å²) in [4.78, 5) is 20.8. The molecule has 0 saturated carbocycles. The third-order valence-electron chi connectivity index (χ3n) is 4.28. The molecule has 0 fully saturated rings. The van der Waals surface area contributed by atoms with Crippen LogP contribution in [0.2, 0.25) is 0 Å². The van der Waals surface area contributed by atoms with Gasteiger partial charge in [-0.1, -0.05) is 5.16 Å². The van der Waals surface area contributed by atoms with E-state index in [2.05, 4.69) is 15.1 Å². The normalized spacial score (nSPS) is 11.3. The molecule has 2 aromatic carbocycles. The largest absolute Gasteiger partial charge is 0.334 e. The molecule has 2 heterocycles. The molecule has 4 aromatic rings. The Kier molecular flexibility index (Phi) is 4.02. The molecule has 4 rings (SSSR count). The first kappa shape index (κ1) is 17.0. The van der Waals surface area contributed by atoms with E-state index in [0.717, 1.165) is 12.1 Å². The van der Waals surface area contributed by atoms with Crippen LogP contribution in [-0.2, 0) is 6.54 Å². The first-order valence-corrected chi connectivity index (χ1v) is 8.28. The van der Waals surface area contributed by atoms with E-state index in [-0.39, 0.29) is 22.8 Å². The Morgan fingerprint density at radius 3 is 2.56 bits per heavy atom. The Balaban J connectivity index is 1.79. The highest BCUT2D eigenvalue weighted by Gasteiger charge is 2.14. The van der Waals surface area contributed by atoms with E-state index in [4.69, 9.17) is 4.52 Å². The molecule has 0 radical (unpaired) electrons. The van der Waals surface area contributed by atoms with Crippen LogP contribution in [0, 0.1) is 18.6 Å². The van der Waals surface area contributed by atoms with Crippen molar-refractivity contribution >= 4 is 11.0 Å². The van der Waals surface area contributed by atoms with E-state index in [9.17, 15) is 13.6 Å². The van der Waals surface area contributed by atoms with Gasteiger partial charge < -0.3 is 9.09 Å². The van der Waals surface area contributed by atoms with Crippen LogP contribution in [0.5, 0.6) is 0 Å². The number of aromatic nitrogens is 4. The molecule has 0 spiro atoms. The molecule has 6 nitrogen and oxygen atoms in total. The van der Waals surface area contributed by atoms with Gasteiger partial charge in [0.15, 0.2) is 11.6 Å². The summed E-state index contributed by atoms with van der Waals surface area (Å²) in [5.74, 6) is -1.58. The van der Waals surface area contributed by atoms with Crippen molar-refractivity contribution in [2.75, 3.05) is 0 Å². The van der Waals surface area contributed by atoms with Crippen molar-refractivity contribution in [2.45, 2.75) is 20.4 Å². The van der Waals surface area contributed by atoms with Crippen LogP contribution in [0.15, 0.2) is 45.7 Å². The van der Waals surface area contributed by atoms with E-state index >= 15 is 0 Å². The van der Waals surface area contributed by atoms with Crippen LogP contribution in [-0.4, -0.2) is 19.7 Å². The molecule has 2 aromatic heterocycles. The number of rotatable bonds is 3. The smallest absolute Gasteiger partial charge is 0.272 e. The fraction of sp³-hybridized carbons (Fsp3) is 0.158. The molecular formula is C19H14F2N4O2. The molecule has 0 aliphatic carbocycles. The SMILES string of the molecule is CCn1c(=O)c(C)nc2cc(-c3noc(-c4ccc(F)c(F)c4)n3)ccc21. The lowest BCUT2D eigenvalue weighted by Gasteiger charge is -2.09. The minimum absolute atomic E-state index is 0.0756. The summed E-state index contributed by atoms with van der Waals surface area (Å²) in [5, 5.41) is 3.91. The number of fused-ring (bicyclic) bond motifs is 1. The van der Waals surface area contributed by atoms with Crippen molar-refractivity contribution in [1.29, 1.82) is 0 Å². The minimum atomic E-state index is -0.991. The van der Waals surface area contributed by atoms with Crippen molar-refractivity contribution < 1.29 is 13.3 Å². The summed E-state index contributed by atoms with van der Waals surface area (Å²) in [5.41, 5.74) is 2.53. The highest BCUT2D eigenvalue weighted by atomic mass is 19.2. The van der Waals surface area contributed by atoms with Gasteiger partial charge in [0.25, 0.3) is 11.4 Å². The fourth-order valence-corrected chi connectivity index (χ4v) is 2.91. The van der Waals surface area contributed by atoms with Crippen molar-refractivity contribution in [3.63, 3.8) is 0 Å². The standard InChI is InChI=1S/C19H14F2N4O2/c1-3-25-16-7-5-11(9-15(16)22-10(2)19(25)26)17-23-18(27-24-17)12-4-6-13(20)14(21)8-12/h4-9H,3H2,1-2H3. The highest BCUT2D eigenvalue weighted by molar-refractivity contribution is 5.80. The Morgan fingerprint density at radius 1 is 1.04 bits per heavy atom. The number of halogens is 2. The van der Waals surface area contributed by atoms with Crippen molar-refractivity contribution in [2.24, 2.45) is 0 Å². The van der Waals surface area contributed by atoms with E-state index in [1.54, 1.807) is 29.7 Å². The summed E-state index contributed by atoms with van der Waals surface area (Å²) in [6.45, 7) is 4.08. The van der Waals surface area contributed by atoms with Crippen LogP contribution in [0.25, 0.3) is 33.9 Å². The molecule has 8 heteroatoms. The number of aryl methyl sites for hydroxylation is 2. The molecule has 0 aliphatic rings. The van der Waals surface area contributed by atoms with Crippen LogP contribution in [0.1, 0.15) is 12.6 Å². The van der Waals surface area contributed by atoms with Gasteiger partial charge in [0.05, 0.1) is 11.0 Å². The van der Waals surface area contributed by atoms with E-state index in [1.807, 2.05) is 6.92 Å². The maximum absolute atomic E-state index is 13.4. The van der Waals surface area contributed by atoms with Gasteiger partial charge in [-0.05, 0) is 50.2 Å². The van der Waals surface area contributed by atoms with Crippen molar-refractivity contribution in [1.82, 2.24) is 19.7 Å². The monoisotopic (exact) mass is 368 g/mol. The molecular weight excluding hydrogens is 354 g/mol. The quantitative estimate of drug-likeness (QED) is 0.551. The summed E-state index contributed by atoms with van der Waals surface area (Å²) in [6.07, 6.45) is 0. The number of hydrogen-bond donors (Lipinski definition) is 0. The van der Waals surface area contributed by atoms with E-state index < -0.39 is 11.6 Å². The zero-order valence-corrected chi connectivity index (χ0v) is 14.5. The molecule has 136 valence electrons. The van der Waals surface area contributed by atoms with Gasteiger partial charge in [-0.15, -0.1) is 0 Å². The summed E-state index contributed by atoms with van der Waals surface area (Å²) in [7, 11) is 0. The molecule has 0 N–H and O–H groups in total. The van der Waals surface area contributed by atoms with Crippen molar-refractivity contribution in [3.05, 3.63) is 64.1 Å². The van der Waals surface area contributed by atoms with E-state index in [0.29, 0.717) is 28.8 Å². The van der Waals surface area contributed by atoms with Gasteiger partial charge in [-0.2, -0.15) is 4.98 Å². The first-order valence-electron chi connectivity index (χ1n) is 8.28. The lowest BCUT2D eigenvalue weighted by Crippen LogP contribution is -2.23. The fourth-order valence-electron chi connectivity index (χ4n) is 2.91. The number of hydrogen-bond acceptors (Lipinski definition) is 5. The Morgan fingerprint density at radius 2 is 1.81 bits per heavy atom. The Bertz CT molecular complexity index is 1230. The van der Waals surface area contributed by atoms with Gasteiger partial charge in [0.2, 0.25) is 5.82 Å². The first-order chi connectivity index (χ1) is 13.0. The third-order valence-corrected chi connectivity index (χ3v) is 4.28. The van der Waals surface area contributed by atoms with E-state index in [1.165, 1.54) is 6.07 Å². The highest BCUT2D eigenvalue weighted by Crippen LogP contribution is 2.25. The maximum atomic E-state index is 13.4. The maximum Gasteiger partial charge on any atom is 0.272 e. The second-order valence-corrected chi connectivity index (χ2v) is 6.00. The molecule has 0 aliphatic heterocycles. The van der Waals surface area contributed by atoms with Crippen LogP contribution < -0.4 is 5.56 Å². The average Bonchev–Trinajstić information content (AvgIpc) is 3.15. The van der Waals surface area contributed by atoms with Crippen LogP contribution in [0.4, 0.5) is 8.78 Å². The molecule has 0 unspecified atom stereocenters. The summed E-state index contributed by atoms with van der Waals surface area (Å²) in [6, 6.07) is 8.65. The molecule has 27 heavy (non-hydrogen) atoms.